The van der Waals surface area contributed by atoms with E-state index >= 15 is 0 Å². The topological polar surface area (TPSA) is 78.0 Å². The fourth-order valence-electron chi connectivity index (χ4n) is 0.579. The van der Waals surface area contributed by atoms with Crippen LogP contribution in [0.5, 0.6) is 0 Å². The first kappa shape index (κ1) is 11.8. The fourth-order valence-corrected chi connectivity index (χ4v) is 1.14. The van der Waals surface area contributed by atoms with E-state index in [2.05, 4.69) is 32.8 Å². The summed E-state index contributed by atoms with van der Waals surface area (Å²) in [4.78, 5) is 0. The van der Waals surface area contributed by atoms with Crippen molar-refractivity contribution in [3.63, 3.8) is 0 Å². The molecule has 0 saturated heterocycles. The Labute approximate surface area is 86.2 Å². The van der Waals surface area contributed by atoms with Crippen molar-refractivity contribution in [2.45, 2.75) is 6.92 Å². The van der Waals surface area contributed by atoms with Gasteiger partial charge in [0.05, 0.1) is 9.39 Å². The first-order valence-electron chi connectivity index (χ1n) is 2.98. The molecule has 7 heteroatoms. The van der Waals surface area contributed by atoms with Crippen molar-refractivity contribution in [2.24, 2.45) is 12.2 Å². The zero-order valence-electron chi connectivity index (χ0n) is 6.69. The summed E-state index contributed by atoms with van der Waals surface area (Å²) in [5.41, 5.74) is 1.08. The number of hydrogen-bond acceptors (Lipinski definition) is 3. The summed E-state index contributed by atoms with van der Waals surface area (Å²) in [6.07, 6.45) is 0. The molecule has 0 atom stereocenters. The molecule has 1 aromatic rings. The molecule has 1 heterocycles. The molecule has 0 radical (unpaired) electrons. The number of rotatable bonds is 0. The minimum absolute atomic E-state index is 1.08. The largest absolute Gasteiger partial charge is 0.262 e. The molecule has 5 nitrogen and oxygen atoms in total. The van der Waals surface area contributed by atoms with Crippen LogP contribution < -0.4 is 5.14 Å². The van der Waals surface area contributed by atoms with E-state index in [1.807, 2.05) is 24.7 Å². The summed E-state index contributed by atoms with van der Waals surface area (Å²) in [6.45, 7) is 1.99. The molecule has 0 aliphatic heterocycles. The molecule has 0 saturated carbocycles. The number of aromatic nitrogens is 2. The van der Waals surface area contributed by atoms with Crippen LogP contribution in [0.2, 0.25) is 0 Å². The first-order chi connectivity index (χ1) is 5.43. The van der Waals surface area contributed by atoms with Gasteiger partial charge in [-0.05, 0) is 35.6 Å². The molecule has 12 heavy (non-hydrogen) atoms. The summed E-state index contributed by atoms with van der Waals surface area (Å²) in [5, 5.41) is 8.18. The number of halogens is 1. The molecule has 0 spiro atoms. The molecule has 0 fully saturated rings. The molecule has 0 amide bonds. The van der Waals surface area contributed by atoms with E-state index in [1.54, 1.807) is 0 Å². The second-order valence-electron chi connectivity index (χ2n) is 2.02. The zero-order valence-corrected chi connectivity index (χ0v) is 9.74. The molecule has 0 aliphatic rings. The van der Waals surface area contributed by atoms with E-state index in [-0.39, 0.29) is 0 Å². The van der Waals surface area contributed by atoms with Gasteiger partial charge in [0.2, 0.25) is 0 Å². The summed E-state index contributed by atoms with van der Waals surface area (Å²) >= 11 is 2.25. The SMILES string of the molecule is Cc1cc(I)n(C)n1.N[SH](=O)=O. The quantitative estimate of drug-likeness (QED) is 0.515. The number of hydrogen-bond donors (Lipinski definition) is 2. The highest BCUT2D eigenvalue weighted by Gasteiger charge is 1.93. The number of thiol groups is 1. The third-order valence-corrected chi connectivity index (χ3v) is 1.95. The number of nitrogens with zero attached hydrogens (tertiary/aromatic N) is 2. The Balaban J connectivity index is 0.000000261. The Morgan fingerprint density at radius 1 is 1.67 bits per heavy atom. The Morgan fingerprint density at radius 3 is 2.17 bits per heavy atom. The summed E-state index contributed by atoms with van der Waals surface area (Å²) in [5.74, 6) is 0. The third kappa shape index (κ3) is 5.49. The molecule has 0 bridgehead atoms. The van der Waals surface area contributed by atoms with Crippen LogP contribution in [0.15, 0.2) is 6.07 Å². The summed E-state index contributed by atoms with van der Waals surface area (Å²) < 4.78 is 20.7. The predicted molar refractivity (Wildman–Crippen MR) is 55.2 cm³/mol. The second kappa shape index (κ2) is 5.49. The van der Waals surface area contributed by atoms with Crippen molar-refractivity contribution in [2.75, 3.05) is 0 Å². The maximum absolute atomic E-state index is 8.81. The van der Waals surface area contributed by atoms with Gasteiger partial charge in [-0.25, -0.2) is 13.6 Å². The predicted octanol–water partition coefficient (Wildman–Crippen LogP) is -0.195. The van der Waals surface area contributed by atoms with Crippen LogP contribution in [0, 0.1) is 10.6 Å². The smallest absolute Gasteiger partial charge is 0.198 e. The van der Waals surface area contributed by atoms with E-state index in [0.29, 0.717) is 0 Å². The highest BCUT2D eigenvalue weighted by Crippen LogP contribution is 2.03. The van der Waals surface area contributed by atoms with Crippen molar-refractivity contribution >= 4 is 33.5 Å². The van der Waals surface area contributed by atoms with Gasteiger partial charge >= 0.3 is 0 Å². The maximum atomic E-state index is 8.81. The number of aryl methyl sites for hydroxylation is 2. The molecule has 0 aromatic carbocycles. The molecule has 70 valence electrons. The van der Waals surface area contributed by atoms with Gasteiger partial charge < -0.3 is 0 Å². The third-order valence-electron chi connectivity index (χ3n) is 0.945. The van der Waals surface area contributed by atoms with E-state index < -0.39 is 10.9 Å². The summed E-state index contributed by atoms with van der Waals surface area (Å²) in [7, 11) is -0.681. The minimum Gasteiger partial charge on any atom is -0.262 e. The van der Waals surface area contributed by atoms with Gasteiger partial charge in [-0.2, -0.15) is 5.10 Å². The normalized spacial score (nSPS) is 9.42. The van der Waals surface area contributed by atoms with Gasteiger partial charge in [0, 0.05) is 7.05 Å². The van der Waals surface area contributed by atoms with Crippen molar-refractivity contribution in [1.82, 2.24) is 9.78 Å². The van der Waals surface area contributed by atoms with Crippen LogP contribution in [0.4, 0.5) is 0 Å². The highest BCUT2D eigenvalue weighted by molar-refractivity contribution is 14.1. The summed E-state index contributed by atoms with van der Waals surface area (Å²) in [6, 6.07) is 2.04. The van der Waals surface area contributed by atoms with Crippen molar-refractivity contribution in [3.8, 4) is 0 Å². The van der Waals surface area contributed by atoms with Crippen molar-refractivity contribution < 1.29 is 8.42 Å². The molecule has 0 unspecified atom stereocenters. The molecular formula is C5H10IN3O2S. The Hall–Kier alpha value is -0.150. The lowest BCUT2D eigenvalue weighted by Gasteiger charge is -1.85. The van der Waals surface area contributed by atoms with Gasteiger partial charge in [0.15, 0.2) is 10.9 Å². The van der Waals surface area contributed by atoms with Gasteiger partial charge in [-0.1, -0.05) is 0 Å². The highest BCUT2D eigenvalue weighted by atomic mass is 127. The second-order valence-corrected chi connectivity index (χ2v) is 3.69. The van der Waals surface area contributed by atoms with Crippen LogP contribution >= 0.6 is 22.6 Å². The number of nitrogens with two attached hydrogens (primary N) is 1. The van der Waals surface area contributed by atoms with Gasteiger partial charge in [0.1, 0.15) is 0 Å². The van der Waals surface area contributed by atoms with Crippen LogP contribution in [-0.2, 0) is 17.9 Å². The lowest BCUT2D eigenvalue weighted by molar-refractivity contribution is 0.616. The lowest BCUT2D eigenvalue weighted by atomic mass is 10.5. The Kier molecular flexibility index (Phi) is 5.42. The van der Waals surface area contributed by atoms with E-state index in [4.69, 9.17) is 8.42 Å². The molecule has 1 aromatic heterocycles. The van der Waals surface area contributed by atoms with Crippen LogP contribution in [0.1, 0.15) is 5.69 Å². The average Bonchev–Trinajstić information content (AvgIpc) is 2.08. The Morgan fingerprint density at radius 2 is 2.08 bits per heavy atom. The van der Waals surface area contributed by atoms with E-state index in [9.17, 15) is 0 Å². The van der Waals surface area contributed by atoms with Gasteiger partial charge in [-0.3, -0.25) is 4.68 Å². The average molecular weight is 303 g/mol. The maximum Gasteiger partial charge on any atom is 0.198 e. The molecule has 1 rings (SSSR count). The first-order valence-corrected chi connectivity index (χ1v) is 5.31. The van der Waals surface area contributed by atoms with Gasteiger partial charge in [-0.15, -0.1) is 0 Å². The standard InChI is InChI=1S/C5H7IN2.H3NO2S/c1-4-3-5(6)8(2)7-4;1-4(2)3/h3H,1-2H3;4H,(H2,1,2,3). The monoisotopic (exact) mass is 303 g/mol. The fraction of sp³-hybridized carbons (Fsp3) is 0.400. The van der Waals surface area contributed by atoms with Crippen LogP contribution in [-0.4, -0.2) is 18.2 Å². The molecule has 2 N–H and O–H groups in total. The molecule has 0 aliphatic carbocycles. The van der Waals surface area contributed by atoms with Crippen LogP contribution in [0.25, 0.3) is 0 Å². The van der Waals surface area contributed by atoms with Crippen LogP contribution in [0.3, 0.4) is 0 Å². The van der Waals surface area contributed by atoms with E-state index in [1.165, 1.54) is 3.70 Å². The van der Waals surface area contributed by atoms with Crippen molar-refractivity contribution in [1.29, 1.82) is 0 Å². The Bertz CT molecular complexity index is 293. The molecular weight excluding hydrogens is 293 g/mol. The van der Waals surface area contributed by atoms with Gasteiger partial charge in [0.25, 0.3) is 0 Å². The lowest BCUT2D eigenvalue weighted by Crippen LogP contribution is -1.91. The van der Waals surface area contributed by atoms with Crippen molar-refractivity contribution in [3.05, 3.63) is 15.5 Å². The van der Waals surface area contributed by atoms with E-state index in [0.717, 1.165) is 5.69 Å². The zero-order chi connectivity index (χ0) is 9.72. The minimum atomic E-state index is -2.62.